The maximum absolute atomic E-state index is 10.2. The highest BCUT2D eigenvalue weighted by Gasteiger charge is 2.21. The van der Waals surface area contributed by atoms with Crippen molar-refractivity contribution in [3.05, 3.63) is 0 Å². The summed E-state index contributed by atoms with van der Waals surface area (Å²) in [6.07, 6.45) is 3.17. The second-order valence-electron chi connectivity index (χ2n) is 17.7. The molecule has 0 aromatic heterocycles. The third kappa shape index (κ3) is 96.6. The molecular weight excluding hydrogens is 1250 g/mol. The summed E-state index contributed by atoms with van der Waals surface area (Å²) in [5.41, 5.74) is 64.6. The number of nitrogens with two attached hydrogens (primary N) is 13. The van der Waals surface area contributed by atoms with Crippen LogP contribution < -0.4 is 79.9 Å². The maximum atomic E-state index is 10.2. The first kappa shape index (κ1) is 104. The number of hydrogen-bond acceptors (Lipinski definition) is 29. The first-order valence-corrected chi connectivity index (χ1v) is 27.4. The Kier molecular flexibility index (Phi) is 75.9. The van der Waals surface area contributed by atoms with E-state index in [1.54, 1.807) is 13.8 Å². The zero-order valence-electron chi connectivity index (χ0n) is 50.2. The Balaban J connectivity index is -0.0000000984. The molecule has 1 aliphatic heterocycles. The lowest BCUT2D eigenvalue weighted by Crippen LogP contribution is -2.39. The summed E-state index contributed by atoms with van der Waals surface area (Å²) in [5.74, 6) is -12.9. The van der Waals surface area contributed by atoms with Crippen molar-refractivity contribution in [2.75, 3.05) is 45.1 Å². The Morgan fingerprint density at radius 1 is 0.522 bits per heavy atom. The van der Waals surface area contributed by atoms with Gasteiger partial charge in [-0.3, -0.25) is 67.1 Å². The number of carboxylic acids is 12. The summed E-state index contributed by atoms with van der Waals surface area (Å²) >= 11 is 0. The molecular formula is C45H99N15O29S. The number of aliphatic carboxylic acids is 12. The minimum Gasteiger partial charge on any atom is -0.481 e. The smallest absolute Gasteiger partial charge is 0.323 e. The SMILES string of the molecule is CC(C)[C@H](N)C(=O)O.C[C@@H](O)[C@H](N)C(=O)O.C[C@H](N)C(=O)O.NC(N)=NCCC[C@H](N)C(=O)O.NCC(=O)O.NCCCC[C@H](N)C(=O)O.NCCS(=O)(=O)O.N[C@@H](CC(=O)O)C(=O)O.N[C@@H](CCC(=O)O)C(=O)O.N[C@@H](CO)C(=O)O.O=C(O)[C@@H]1CCCN1. The van der Waals surface area contributed by atoms with Crippen LogP contribution in [0.25, 0.3) is 0 Å². The number of carboxylic acid groups (broad SMARTS) is 12. The molecule has 0 amide bonds. The molecule has 0 aromatic carbocycles. The zero-order valence-corrected chi connectivity index (χ0v) is 51.0. The minimum atomic E-state index is -3.80. The lowest BCUT2D eigenvalue weighted by atomic mass is 10.1. The average Bonchev–Trinajstić information content (AvgIpc) is 3.98. The van der Waals surface area contributed by atoms with Gasteiger partial charge in [0.1, 0.15) is 54.4 Å². The third-order valence-corrected chi connectivity index (χ3v) is 9.64. The summed E-state index contributed by atoms with van der Waals surface area (Å²) in [6.45, 7) is 7.37. The number of aliphatic hydroxyl groups excluding tert-OH is 2. The number of aliphatic imine (C=N–C) groups is 1. The largest absolute Gasteiger partial charge is 0.481 e. The van der Waals surface area contributed by atoms with Crippen LogP contribution in [0.2, 0.25) is 0 Å². The van der Waals surface area contributed by atoms with Crippen molar-refractivity contribution in [2.24, 2.45) is 85.4 Å². The molecule has 42 N–H and O–H groups in total. The van der Waals surface area contributed by atoms with Gasteiger partial charge in [-0.1, -0.05) is 20.3 Å². The van der Waals surface area contributed by atoms with Crippen molar-refractivity contribution >= 4 is 87.7 Å². The van der Waals surface area contributed by atoms with Gasteiger partial charge in [-0.05, 0) is 77.8 Å². The van der Waals surface area contributed by atoms with Crippen LogP contribution in [0.1, 0.15) is 91.9 Å². The number of rotatable bonds is 28. The monoisotopic (exact) mass is 1350 g/mol. The van der Waals surface area contributed by atoms with Gasteiger partial charge in [0.05, 0.1) is 31.4 Å². The molecule has 0 saturated carbocycles. The Hall–Kier alpha value is -7.74. The van der Waals surface area contributed by atoms with Gasteiger partial charge in [0.2, 0.25) is 0 Å². The molecule has 0 radical (unpaired) electrons. The van der Waals surface area contributed by atoms with E-state index in [1.807, 2.05) is 0 Å². The van der Waals surface area contributed by atoms with Crippen LogP contribution in [0, 0.1) is 5.92 Å². The average molecular weight is 1350 g/mol. The molecule has 1 heterocycles. The quantitative estimate of drug-likeness (QED) is 0.0150. The van der Waals surface area contributed by atoms with Crippen LogP contribution in [-0.4, -0.2) is 268 Å². The van der Waals surface area contributed by atoms with Gasteiger partial charge in [0, 0.05) is 19.5 Å². The predicted molar refractivity (Wildman–Crippen MR) is 317 cm³/mol. The van der Waals surface area contributed by atoms with Crippen LogP contribution in [0.5, 0.6) is 0 Å². The predicted octanol–water partition coefficient (Wildman–Crippen LogP) is -9.56. The molecule has 1 rings (SSSR count). The molecule has 45 heteroatoms. The number of nitrogens with one attached hydrogen (secondary N) is 1. The topological polar surface area (TPSA) is 905 Å². The molecule has 0 bridgehead atoms. The number of nitrogens with zero attached hydrogens (tertiary/aromatic N) is 1. The van der Waals surface area contributed by atoms with Crippen molar-refractivity contribution in [1.29, 1.82) is 0 Å². The number of aliphatic hydroxyl groups is 2. The number of guanidine groups is 1. The van der Waals surface area contributed by atoms with Gasteiger partial charge in [0.25, 0.3) is 10.1 Å². The summed E-state index contributed by atoms with van der Waals surface area (Å²) in [4.78, 5) is 122. The number of hydrogen-bond donors (Lipinski definition) is 29. The highest BCUT2D eigenvalue weighted by molar-refractivity contribution is 7.85. The van der Waals surface area contributed by atoms with Gasteiger partial charge in [-0.2, -0.15) is 8.42 Å². The van der Waals surface area contributed by atoms with E-state index >= 15 is 0 Å². The van der Waals surface area contributed by atoms with Crippen LogP contribution in [0.3, 0.4) is 0 Å². The summed E-state index contributed by atoms with van der Waals surface area (Å²) in [5, 5.41) is 116. The molecule has 534 valence electrons. The molecule has 90 heavy (non-hydrogen) atoms. The minimum absolute atomic E-state index is 0.0129. The molecule has 10 atom stereocenters. The van der Waals surface area contributed by atoms with Crippen LogP contribution in [0.4, 0.5) is 0 Å². The van der Waals surface area contributed by atoms with E-state index in [0.717, 1.165) is 32.2 Å². The van der Waals surface area contributed by atoms with Gasteiger partial charge in [-0.15, -0.1) is 0 Å². The maximum Gasteiger partial charge on any atom is 0.323 e. The molecule has 1 fully saturated rings. The van der Waals surface area contributed by atoms with Crippen molar-refractivity contribution in [2.45, 2.75) is 152 Å². The van der Waals surface area contributed by atoms with E-state index in [0.29, 0.717) is 32.4 Å². The van der Waals surface area contributed by atoms with Gasteiger partial charge < -0.3 is 151 Å². The van der Waals surface area contributed by atoms with E-state index < -0.39 is 149 Å². The fourth-order valence-corrected chi connectivity index (χ4v) is 3.86. The first-order valence-electron chi connectivity index (χ1n) is 25.7. The standard InChI is InChI=1S/C6H14N4O2.C6H14N2O2.C5H9NO4.C5H9NO2.C5H11NO2.C4H7NO4.C4H9NO3.C3H7NO3.C3H7NO2.C2H7NO3S.C2H5NO2/c7-4(5(11)12)2-1-3-10-6(8)9;7-4-2-1-3-5(8)6(9)10;6-3(5(9)10)1-2-4(7)8;7-5(8)4-2-1-3-6-4;1-3(2)4(6)5(7)8;5-2(4(8)9)1-3(6)7;1-2(6)3(5)4(7)8;4-2(1-5)3(6)7;1-2(4)3(5)6;3-1-2-7(4,5)6;3-1-2(4)5/h4H,1-3,7H2,(H,11,12)(H4,8,9,10);5H,1-4,7-8H2,(H,9,10);3H,1-2,6H2,(H,7,8)(H,9,10);4,6H,1-3H2,(H,7,8);3-4H,6H2,1-2H3,(H,7,8);2H,1,5H2,(H,6,7)(H,8,9);2-3,6H,5H2,1H3,(H,7,8);2,5H,1,4H2,(H,6,7);2H,4H2,1H3,(H,5,6);1-3H2,(H,4,5,6);1,3H2,(H,4,5)/t4-;5-;3-;2*4-;2-;2-,3+;2*2-;;/m000000100../s1. The Bertz CT molecular complexity index is 2100. The first-order chi connectivity index (χ1) is 40.9. The van der Waals surface area contributed by atoms with Crippen molar-refractivity contribution in [1.82, 2.24) is 5.32 Å². The van der Waals surface area contributed by atoms with Crippen molar-refractivity contribution < 1.29 is 142 Å². The summed E-state index contributed by atoms with van der Waals surface area (Å²) in [6, 6.07) is -7.88. The van der Waals surface area contributed by atoms with E-state index in [-0.39, 0.29) is 49.6 Å². The van der Waals surface area contributed by atoms with Crippen LogP contribution in [0.15, 0.2) is 4.99 Å². The number of carbonyl (C=O) groups is 12. The van der Waals surface area contributed by atoms with Crippen LogP contribution in [-0.2, 0) is 67.7 Å². The summed E-state index contributed by atoms with van der Waals surface area (Å²) < 4.78 is 27.3. The highest BCUT2D eigenvalue weighted by atomic mass is 32.2. The molecule has 0 aromatic rings. The number of unbranched alkanes of at least 4 members (excludes halogenated alkanes) is 1. The van der Waals surface area contributed by atoms with Crippen molar-refractivity contribution in [3.8, 4) is 0 Å². The third-order valence-electron chi connectivity index (χ3n) is 8.89. The van der Waals surface area contributed by atoms with Gasteiger partial charge >= 0.3 is 71.6 Å². The fourth-order valence-electron chi connectivity index (χ4n) is 3.57. The molecule has 0 unspecified atom stereocenters. The zero-order chi connectivity index (χ0) is 73.8. The summed E-state index contributed by atoms with van der Waals surface area (Å²) in [7, 11) is -3.80. The highest BCUT2D eigenvalue weighted by Crippen LogP contribution is 2.03. The lowest BCUT2D eigenvalue weighted by Gasteiger charge is -2.07. The van der Waals surface area contributed by atoms with Crippen LogP contribution >= 0.6 is 0 Å². The molecule has 1 saturated heterocycles. The second-order valence-corrected chi connectivity index (χ2v) is 19.2. The van der Waals surface area contributed by atoms with E-state index in [1.165, 1.54) is 13.8 Å². The Morgan fingerprint density at radius 3 is 1.06 bits per heavy atom. The van der Waals surface area contributed by atoms with E-state index in [9.17, 15) is 66.0 Å². The molecule has 44 nitrogen and oxygen atoms in total. The molecule has 0 spiro atoms. The fraction of sp³-hybridized carbons (Fsp3) is 0.711. The molecule has 0 aliphatic carbocycles. The molecule has 1 aliphatic rings. The normalized spacial score (nSPS) is 14.3. The van der Waals surface area contributed by atoms with E-state index in [4.69, 9.17) is 145 Å². The Labute approximate surface area is 516 Å². The Morgan fingerprint density at radius 2 is 0.900 bits per heavy atom. The van der Waals surface area contributed by atoms with E-state index in [2.05, 4.69) is 16.0 Å². The van der Waals surface area contributed by atoms with Crippen molar-refractivity contribution in [3.63, 3.8) is 0 Å². The van der Waals surface area contributed by atoms with Gasteiger partial charge in [-0.25, -0.2) is 0 Å². The second kappa shape index (κ2) is 65.7. The lowest BCUT2D eigenvalue weighted by molar-refractivity contribution is -0.144. The van der Waals surface area contributed by atoms with Gasteiger partial charge in [0.15, 0.2) is 5.96 Å².